The Morgan fingerprint density at radius 3 is 2.76 bits per heavy atom. The molecule has 29 heavy (non-hydrogen) atoms. The number of ether oxygens (including phenoxy) is 1. The molecule has 4 aromatic rings. The van der Waals surface area contributed by atoms with Crippen LogP contribution in [-0.2, 0) is 0 Å². The maximum absolute atomic E-state index is 12.9. The van der Waals surface area contributed by atoms with Crippen molar-refractivity contribution in [2.24, 2.45) is 4.99 Å². The molecular formula is C22H22N4O2S. The SMILES string of the molecule is CCOc1ccc2nc(/N=C/c3c(C)[nH]n(-c4ccc(C)c(C)c4)c3=O)sc2c1. The second kappa shape index (κ2) is 7.67. The molecule has 0 aliphatic heterocycles. The largest absolute Gasteiger partial charge is 0.494 e. The second-order valence-corrected chi connectivity index (χ2v) is 7.89. The number of aromatic nitrogens is 3. The van der Waals surface area contributed by atoms with E-state index in [0.717, 1.165) is 32.9 Å². The molecule has 0 bridgehead atoms. The van der Waals surface area contributed by atoms with E-state index in [9.17, 15) is 4.79 Å². The number of aliphatic imine (C=N–C) groups is 1. The molecule has 2 heterocycles. The smallest absolute Gasteiger partial charge is 0.280 e. The highest BCUT2D eigenvalue weighted by molar-refractivity contribution is 7.22. The normalized spacial score (nSPS) is 11.6. The van der Waals surface area contributed by atoms with Gasteiger partial charge in [0.2, 0.25) is 5.13 Å². The zero-order valence-electron chi connectivity index (χ0n) is 16.8. The zero-order valence-corrected chi connectivity index (χ0v) is 17.6. The molecule has 0 aliphatic carbocycles. The first-order valence-electron chi connectivity index (χ1n) is 9.43. The maximum Gasteiger partial charge on any atom is 0.280 e. The molecule has 0 fully saturated rings. The van der Waals surface area contributed by atoms with Crippen molar-refractivity contribution in [2.75, 3.05) is 6.61 Å². The molecule has 0 aliphatic rings. The first-order chi connectivity index (χ1) is 14.0. The predicted molar refractivity (Wildman–Crippen MR) is 119 cm³/mol. The Morgan fingerprint density at radius 2 is 2.00 bits per heavy atom. The monoisotopic (exact) mass is 406 g/mol. The Morgan fingerprint density at radius 1 is 1.17 bits per heavy atom. The van der Waals surface area contributed by atoms with Crippen molar-refractivity contribution in [3.05, 3.63) is 69.1 Å². The molecule has 4 rings (SSSR count). The fraction of sp³-hybridized carbons (Fsp3) is 0.227. The van der Waals surface area contributed by atoms with Crippen molar-refractivity contribution in [3.8, 4) is 11.4 Å². The number of hydrogen-bond acceptors (Lipinski definition) is 5. The van der Waals surface area contributed by atoms with Gasteiger partial charge < -0.3 is 4.74 Å². The summed E-state index contributed by atoms with van der Waals surface area (Å²) in [4.78, 5) is 21.9. The number of rotatable bonds is 5. The van der Waals surface area contributed by atoms with Crippen LogP contribution in [0.15, 0.2) is 46.2 Å². The van der Waals surface area contributed by atoms with Gasteiger partial charge in [0, 0.05) is 11.9 Å². The van der Waals surface area contributed by atoms with Gasteiger partial charge in [-0.25, -0.2) is 14.7 Å². The molecule has 2 aromatic carbocycles. The van der Waals surface area contributed by atoms with E-state index in [-0.39, 0.29) is 5.56 Å². The standard InChI is InChI=1S/C22H22N4O2S/c1-5-28-17-8-9-19-20(11-17)29-22(24-19)23-12-18-15(4)25-26(21(18)27)16-7-6-13(2)14(3)10-16/h6-12,25H,5H2,1-4H3/b23-12+. The molecule has 0 saturated heterocycles. The lowest BCUT2D eigenvalue weighted by Crippen LogP contribution is -2.17. The molecule has 0 atom stereocenters. The first-order valence-corrected chi connectivity index (χ1v) is 10.2. The predicted octanol–water partition coefficient (Wildman–Crippen LogP) is 4.85. The van der Waals surface area contributed by atoms with E-state index in [0.29, 0.717) is 17.3 Å². The minimum Gasteiger partial charge on any atom is -0.494 e. The highest BCUT2D eigenvalue weighted by atomic mass is 32.1. The van der Waals surface area contributed by atoms with Crippen molar-refractivity contribution >= 4 is 32.9 Å². The summed E-state index contributed by atoms with van der Waals surface area (Å²) in [6.07, 6.45) is 1.59. The summed E-state index contributed by atoms with van der Waals surface area (Å²) in [6.45, 7) is 8.53. The van der Waals surface area contributed by atoms with Crippen LogP contribution in [0.5, 0.6) is 5.75 Å². The van der Waals surface area contributed by atoms with Gasteiger partial charge in [-0.3, -0.25) is 9.89 Å². The summed E-state index contributed by atoms with van der Waals surface area (Å²) in [7, 11) is 0. The molecule has 0 spiro atoms. The Labute approximate surface area is 172 Å². The topological polar surface area (TPSA) is 72.3 Å². The van der Waals surface area contributed by atoms with Crippen LogP contribution in [0.25, 0.3) is 15.9 Å². The van der Waals surface area contributed by atoms with Crippen LogP contribution in [-0.4, -0.2) is 27.6 Å². The third-order valence-electron chi connectivity index (χ3n) is 4.83. The minimum absolute atomic E-state index is 0.130. The van der Waals surface area contributed by atoms with Crippen LogP contribution in [0.2, 0.25) is 0 Å². The molecule has 0 saturated carbocycles. The summed E-state index contributed by atoms with van der Waals surface area (Å²) in [6, 6.07) is 11.7. The van der Waals surface area contributed by atoms with E-state index in [4.69, 9.17) is 4.74 Å². The molecule has 0 unspecified atom stereocenters. The molecule has 1 N–H and O–H groups in total. The van der Waals surface area contributed by atoms with Crippen LogP contribution in [0.3, 0.4) is 0 Å². The summed E-state index contributed by atoms with van der Waals surface area (Å²) in [5.41, 5.74) is 5.16. The van der Waals surface area contributed by atoms with Gasteiger partial charge in [-0.15, -0.1) is 0 Å². The van der Waals surface area contributed by atoms with E-state index in [1.165, 1.54) is 16.9 Å². The van der Waals surface area contributed by atoms with Crippen molar-refractivity contribution < 1.29 is 4.74 Å². The van der Waals surface area contributed by atoms with Crippen molar-refractivity contribution in [1.82, 2.24) is 14.8 Å². The molecule has 2 aromatic heterocycles. The van der Waals surface area contributed by atoms with E-state index >= 15 is 0 Å². The summed E-state index contributed by atoms with van der Waals surface area (Å²) < 4.78 is 8.09. The fourth-order valence-electron chi connectivity index (χ4n) is 3.08. The van der Waals surface area contributed by atoms with E-state index in [1.54, 1.807) is 10.9 Å². The molecule has 0 radical (unpaired) electrons. The number of benzene rings is 2. The van der Waals surface area contributed by atoms with Crippen LogP contribution >= 0.6 is 11.3 Å². The lowest BCUT2D eigenvalue weighted by atomic mass is 10.1. The van der Waals surface area contributed by atoms with Gasteiger partial charge >= 0.3 is 0 Å². The molecule has 148 valence electrons. The van der Waals surface area contributed by atoms with E-state index < -0.39 is 0 Å². The van der Waals surface area contributed by atoms with Gasteiger partial charge in [0.15, 0.2) is 0 Å². The third-order valence-corrected chi connectivity index (χ3v) is 5.76. The number of nitrogens with zero attached hydrogens (tertiary/aromatic N) is 3. The highest BCUT2D eigenvalue weighted by Gasteiger charge is 2.12. The van der Waals surface area contributed by atoms with Gasteiger partial charge in [-0.1, -0.05) is 17.4 Å². The fourth-order valence-corrected chi connectivity index (χ4v) is 3.92. The van der Waals surface area contributed by atoms with Gasteiger partial charge in [-0.05, 0) is 69.2 Å². The number of hydrogen-bond donors (Lipinski definition) is 1. The van der Waals surface area contributed by atoms with Crippen molar-refractivity contribution in [1.29, 1.82) is 0 Å². The van der Waals surface area contributed by atoms with E-state index in [2.05, 4.69) is 22.0 Å². The number of thiazole rings is 1. The Bertz CT molecular complexity index is 1280. The van der Waals surface area contributed by atoms with E-state index in [1.807, 2.05) is 57.2 Å². The van der Waals surface area contributed by atoms with Crippen molar-refractivity contribution in [3.63, 3.8) is 0 Å². The first kappa shape index (κ1) is 19.1. The molecule has 0 amide bonds. The second-order valence-electron chi connectivity index (χ2n) is 6.88. The van der Waals surface area contributed by atoms with Crippen LogP contribution in [0, 0.1) is 20.8 Å². The minimum atomic E-state index is -0.130. The average molecular weight is 407 g/mol. The van der Waals surface area contributed by atoms with Crippen LogP contribution in [0.1, 0.15) is 29.3 Å². The molecule has 6 nitrogen and oxygen atoms in total. The third kappa shape index (κ3) is 3.73. The summed E-state index contributed by atoms with van der Waals surface area (Å²) >= 11 is 1.47. The Balaban J connectivity index is 1.66. The van der Waals surface area contributed by atoms with Gasteiger partial charge in [0.25, 0.3) is 5.56 Å². The number of nitrogens with one attached hydrogen (secondary N) is 1. The Kier molecular flexibility index (Phi) is 5.07. The van der Waals surface area contributed by atoms with Crippen LogP contribution < -0.4 is 10.3 Å². The quantitative estimate of drug-likeness (QED) is 0.482. The number of aryl methyl sites for hydroxylation is 3. The zero-order chi connectivity index (χ0) is 20.5. The van der Waals surface area contributed by atoms with Crippen molar-refractivity contribution in [2.45, 2.75) is 27.7 Å². The Hall–Kier alpha value is -3.19. The molecule has 7 heteroatoms. The molecular weight excluding hydrogens is 384 g/mol. The van der Waals surface area contributed by atoms with Crippen LogP contribution in [0.4, 0.5) is 5.13 Å². The number of H-pyrrole nitrogens is 1. The lowest BCUT2D eigenvalue weighted by molar-refractivity contribution is 0.341. The van der Waals surface area contributed by atoms with Gasteiger partial charge in [-0.2, -0.15) is 0 Å². The summed E-state index contributed by atoms with van der Waals surface area (Å²) in [5, 5.41) is 3.74. The maximum atomic E-state index is 12.9. The summed E-state index contributed by atoms with van der Waals surface area (Å²) in [5.74, 6) is 0.817. The highest BCUT2D eigenvalue weighted by Crippen LogP contribution is 2.30. The van der Waals surface area contributed by atoms with Gasteiger partial charge in [0.1, 0.15) is 5.75 Å². The number of fused-ring (bicyclic) bond motifs is 1. The van der Waals surface area contributed by atoms with Gasteiger partial charge in [0.05, 0.1) is 28.1 Å². The average Bonchev–Trinajstić information content (AvgIpc) is 3.22. The number of aromatic amines is 1. The lowest BCUT2D eigenvalue weighted by Gasteiger charge is -2.05.